The molecule has 59 heavy (non-hydrogen) atoms. The van der Waals surface area contributed by atoms with E-state index in [1.165, 1.54) is 52.7 Å². The predicted octanol–water partition coefficient (Wildman–Crippen LogP) is 6.74. The second-order valence-corrected chi connectivity index (χ2v) is 22.6. The van der Waals surface area contributed by atoms with Crippen LogP contribution < -0.4 is 20.5 Å². The Morgan fingerprint density at radius 1 is 0.661 bits per heavy atom. The third kappa shape index (κ3) is 9.30. The molecular weight excluding hydrogens is 833 g/mol. The number of amides is 5. The molecule has 5 amide bonds. The number of nitrogens with two attached hydrogens (primary N) is 1. The molecule has 316 valence electrons. The number of aliphatic hydroxyl groups is 2. The van der Waals surface area contributed by atoms with Gasteiger partial charge in [0.05, 0.1) is 12.4 Å². The first-order valence-electron chi connectivity index (χ1n) is 19.6. The quantitative estimate of drug-likeness (QED) is 0.115. The molecule has 2 atom stereocenters. The smallest absolute Gasteiger partial charge is 0.355 e. The van der Waals surface area contributed by atoms with Gasteiger partial charge in [0.2, 0.25) is 5.91 Å². The summed E-state index contributed by atoms with van der Waals surface area (Å²) >= 11 is 1.95. The monoisotopic (exact) mass is 882 g/mol. The van der Waals surface area contributed by atoms with E-state index in [9.17, 15) is 33.0 Å². The van der Waals surface area contributed by atoms with Gasteiger partial charge < -0.3 is 20.8 Å². The minimum atomic E-state index is -3.60. The van der Waals surface area contributed by atoms with Gasteiger partial charge in [-0.15, -0.1) is 31.4 Å². The molecule has 4 aliphatic carbocycles. The van der Waals surface area contributed by atoms with Crippen LogP contribution in [-0.4, -0.2) is 46.6 Å². The van der Waals surface area contributed by atoms with Gasteiger partial charge in [-0.2, -0.15) is 0 Å². The molecule has 15 nitrogen and oxygen atoms in total. The molecule has 0 bridgehead atoms. The van der Waals surface area contributed by atoms with E-state index in [0.717, 1.165) is 122 Å². The van der Waals surface area contributed by atoms with Crippen LogP contribution in [0.15, 0.2) is 41.7 Å². The topological polar surface area (TPSA) is 238 Å². The Balaban J connectivity index is 0.000000180. The van der Waals surface area contributed by atoms with Crippen LogP contribution >= 0.6 is 22.7 Å². The average molecular weight is 883 g/mol. The van der Waals surface area contributed by atoms with Gasteiger partial charge in [0, 0.05) is 18.3 Å². The Morgan fingerprint density at radius 3 is 1.41 bits per heavy atom. The fourth-order valence-electron chi connectivity index (χ4n) is 8.14. The molecule has 8 rings (SSSR count). The van der Waals surface area contributed by atoms with Crippen molar-refractivity contribution in [2.24, 2.45) is 13.9 Å². The van der Waals surface area contributed by atoms with Crippen molar-refractivity contribution in [2.45, 2.75) is 131 Å². The highest BCUT2D eigenvalue weighted by molar-refractivity contribution is 7.94. The van der Waals surface area contributed by atoms with Crippen molar-refractivity contribution in [3.63, 3.8) is 0 Å². The summed E-state index contributed by atoms with van der Waals surface area (Å²) in [5.41, 5.74) is 8.95. The number of anilines is 2. The molecule has 0 saturated heterocycles. The van der Waals surface area contributed by atoms with Crippen LogP contribution in [0.1, 0.15) is 115 Å². The van der Waals surface area contributed by atoms with E-state index in [2.05, 4.69) is 46.2 Å². The summed E-state index contributed by atoms with van der Waals surface area (Å²) in [5.74, 6) is -0.582. The van der Waals surface area contributed by atoms with E-state index in [1.54, 1.807) is 27.7 Å². The number of benzene rings is 2. The fraction of sp³-hybridized carbons (Fsp3) is 0.475. The number of hydrogen-bond acceptors (Lipinski definition) is 11. The number of nitrogens with one attached hydrogen (secondary N) is 3. The predicted molar refractivity (Wildman–Crippen MR) is 229 cm³/mol. The largest absolute Gasteiger partial charge is 0.383 e. The van der Waals surface area contributed by atoms with Crippen molar-refractivity contribution in [1.29, 1.82) is 0 Å². The van der Waals surface area contributed by atoms with Crippen LogP contribution in [-0.2, 0) is 87.2 Å². The number of carbonyl (C=O) groups is 3. The lowest BCUT2D eigenvalue weighted by atomic mass is 9.99. The van der Waals surface area contributed by atoms with Crippen LogP contribution in [0.2, 0.25) is 0 Å². The highest BCUT2D eigenvalue weighted by atomic mass is 32.2. The summed E-state index contributed by atoms with van der Waals surface area (Å²) in [4.78, 5) is 45.4. The Hall–Kier alpha value is -4.11. The van der Waals surface area contributed by atoms with Crippen LogP contribution in [0.4, 0.5) is 21.0 Å². The van der Waals surface area contributed by atoms with E-state index < -0.39 is 49.0 Å². The molecule has 4 aromatic rings. The van der Waals surface area contributed by atoms with Crippen LogP contribution in [0.5, 0.6) is 0 Å². The first kappa shape index (κ1) is 43.0. The minimum Gasteiger partial charge on any atom is -0.383 e. The summed E-state index contributed by atoms with van der Waals surface area (Å²) in [6, 6.07) is 3.05. The summed E-state index contributed by atoms with van der Waals surface area (Å²) < 4.78 is 36.6. The number of aryl methyl sites for hydroxylation is 4. The SMILES string of the molecule is CC(=O)NS(=O)(=NC(=O)Nc1c2c(cc3c1CCC3)CCC2)c1cnc(C(C)(C)O)s1.CC(C)(O)c1ncc(S(N)(=O)=NC(=O)Nc2c3c(cc4c2CCC4)CCC3)s1. The molecule has 2 aromatic carbocycles. The normalized spacial score (nSPS) is 17.3. The molecule has 19 heteroatoms. The highest BCUT2D eigenvalue weighted by Gasteiger charge is 2.30. The number of nitrogens with zero attached hydrogens (tertiary/aromatic N) is 4. The molecule has 2 aromatic heterocycles. The van der Waals surface area contributed by atoms with E-state index in [0.29, 0.717) is 10.0 Å². The van der Waals surface area contributed by atoms with Crippen LogP contribution in [0.25, 0.3) is 0 Å². The number of urea groups is 2. The molecule has 2 heterocycles. The zero-order valence-corrected chi connectivity index (χ0v) is 37.0. The summed E-state index contributed by atoms with van der Waals surface area (Å²) in [5, 5.41) is 32.5. The molecule has 2 unspecified atom stereocenters. The van der Waals surface area contributed by atoms with Gasteiger partial charge >= 0.3 is 12.1 Å². The lowest BCUT2D eigenvalue weighted by molar-refractivity contribution is -0.117. The fourth-order valence-corrected chi connectivity index (χ4v) is 12.9. The number of fused-ring (bicyclic) bond motifs is 4. The van der Waals surface area contributed by atoms with Crippen molar-refractivity contribution in [3.05, 3.63) is 79.0 Å². The zero-order valence-electron chi connectivity index (χ0n) is 33.7. The summed E-state index contributed by atoms with van der Waals surface area (Å²) in [6.07, 6.45) is 14.5. The van der Waals surface area contributed by atoms with Gasteiger partial charge in [-0.25, -0.2) is 33.1 Å². The lowest BCUT2D eigenvalue weighted by Gasteiger charge is -2.15. The maximum absolute atomic E-state index is 13.5. The van der Waals surface area contributed by atoms with E-state index in [4.69, 9.17) is 5.14 Å². The zero-order chi connectivity index (χ0) is 42.5. The third-order valence-corrected chi connectivity index (χ3v) is 17.6. The molecule has 0 fully saturated rings. The Bertz CT molecular complexity index is 2550. The van der Waals surface area contributed by atoms with E-state index in [1.807, 2.05) is 0 Å². The third-order valence-electron chi connectivity index (χ3n) is 10.7. The van der Waals surface area contributed by atoms with Gasteiger partial charge in [0.25, 0.3) is 0 Å². The molecule has 0 aliphatic heterocycles. The summed E-state index contributed by atoms with van der Waals surface area (Å²) in [7, 11) is -7.03. The molecule has 0 spiro atoms. The van der Waals surface area contributed by atoms with Crippen molar-refractivity contribution >= 4 is 71.8 Å². The molecule has 0 radical (unpaired) electrons. The highest BCUT2D eigenvalue weighted by Crippen LogP contribution is 2.40. The van der Waals surface area contributed by atoms with Gasteiger partial charge in [-0.1, -0.05) is 12.1 Å². The van der Waals surface area contributed by atoms with Crippen molar-refractivity contribution in [1.82, 2.24) is 14.7 Å². The number of carbonyl (C=O) groups excluding carboxylic acids is 3. The molecule has 7 N–H and O–H groups in total. The number of hydrogen-bond donors (Lipinski definition) is 6. The van der Waals surface area contributed by atoms with Gasteiger partial charge in [0.1, 0.15) is 29.6 Å². The van der Waals surface area contributed by atoms with Crippen molar-refractivity contribution in [3.8, 4) is 0 Å². The van der Waals surface area contributed by atoms with Gasteiger partial charge in [0.15, 0.2) is 19.8 Å². The number of rotatable bonds is 7. The first-order valence-corrected chi connectivity index (χ1v) is 24.4. The summed E-state index contributed by atoms with van der Waals surface area (Å²) in [6.45, 7) is 7.47. The molecular formula is C40H50N8O7S4. The second-order valence-electron chi connectivity index (χ2n) is 16.4. The van der Waals surface area contributed by atoms with E-state index in [-0.39, 0.29) is 8.42 Å². The van der Waals surface area contributed by atoms with Crippen LogP contribution in [0.3, 0.4) is 0 Å². The molecule has 0 saturated carbocycles. The van der Waals surface area contributed by atoms with Gasteiger partial charge in [-0.3, -0.25) is 9.52 Å². The molecule has 4 aliphatic rings. The Kier molecular flexibility index (Phi) is 11.9. The number of aromatic nitrogens is 2. The lowest BCUT2D eigenvalue weighted by Crippen LogP contribution is -2.29. The van der Waals surface area contributed by atoms with Crippen LogP contribution in [0, 0.1) is 0 Å². The average Bonchev–Trinajstić information content (AvgIpc) is 3.98. The van der Waals surface area contributed by atoms with Crippen molar-refractivity contribution in [2.75, 3.05) is 10.6 Å². The van der Waals surface area contributed by atoms with Crippen molar-refractivity contribution < 1.29 is 33.0 Å². The van der Waals surface area contributed by atoms with Gasteiger partial charge in [-0.05, 0) is 149 Å². The number of thiazole rings is 2. The maximum atomic E-state index is 13.5. The maximum Gasteiger partial charge on any atom is 0.355 e. The van der Waals surface area contributed by atoms with E-state index >= 15 is 0 Å². The minimum absolute atomic E-state index is 0.110. The first-order chi connectivity index (χ1) is 27.7. The second kappa shape index (κ2) is 16.4. The standard InChI is InChI=1S/C21H26N4O4S2.C19H24N4O3S2/c1-12(26)24-31(29,17-11-22-19(30-17)21(2,3)28)25-20(27)23-18-15-8-4-6-13(15)10-14-7-5-9-16(14)18;1-19(2,25)17-21-10-15(27-17)28(20,26)23-18(24)22-16-13-7-3-5-11(13)9-12-6-4-8-14(12)16/h10-11,28H,4-9H2,1-3H3,(H2,23,24,25,26,27,29);9-10,25H,3-8H2,1-2H3,(H3,20,22,23,24,26). The Labute approximate surface area is 352 Å². The Morgan fingerprint density at radius 2 is 1.03 bits per heavy atom.